The van der Waals surface area contributed by atoms with Gasteiger partial charge in [-0.2, -0.15) is 0 Å². The number of rotatable bonds is 5. The monoisotopic (exact) mass is 381 g/mol. The molecule has 1 N–H and O–H groups in total. The maximum atomic E-state index is 9.71. The fraction of sp³-hybridized carbons (Fsp3) is 0.500. The summed E-state index contributed by atoms with van der Waals surface area (Å²) in [5.74, 6) is 1.62. The highest BCUT2D eigenvalue weighted by atomic mass is 32.1. The van der Waals surface area contributed by atoms with Crippen LogP contribution in [0.15, 0.2) is 18.6 Å². The average Bonchev–Trinajstić information content (AvgIpc) is 3.05. The molecular weight excluding hydrogens is 358 g/mol. The predicted octanol–water partition coefficient (Wildman–Crippen LogP) is 3.38. The molecule has 0 unspecified atom stereocenters. The Morgan fingerprint density at radius 2 is 2.00 bits per heavy atom. The molecule has 0 aromatic carbocycles. The molecule has 2 aliphatic rings. The smallest absolute Gasteiger partial charge is 0.183 e. The van der Waals surface area contributed by atoms with Gasteiger partial charge in [-0.3, -0.25) is 4.98 Å². The minimum absolute atomic E-state index is 0.134. The van der Waals surface area contributed by atoms with Crippen molar-refractivity contribution < 1.29 is 5.11 Å². The van der Waals surface area contributed by atoms with E-state index in [1.807, 2.05) is 11.3 Å². The molecule has 7 heteroatoms. The quantitative estimate of drug-likeness (QED) is 0.730. The molecule has 27 heavy (non-hydrogen) atoms. The van der Waals surface area contributed by atoms with Gasteiger partial charge < -0.3 is 10.0 Å². The first-order chi connectivity index (χ1) is 13.3. The van der Waals surface area contributed by atoms with E-state index in [4.69, 9.17) is 9.97 Å². The minimum Gasteiger partial charge on any atom is -0.395 e. The number of aliphatic hydroxyl groups is 1. The molecule has 0 saturated heterocycles. The molecule has 1 saturated carbocycles. The van der Waals surface area contributed by atoms with Crippen LogP contribution in [0.2, 0.25) is 0 Å². The molecule has 0 radical (unpaired) electrons. The molecule has 3 aromatic rings. The van der Waals surface area contributed by atoms with Crippen LogP contribution in [0.5, 0.6) is 0 Å². The zero-order chi connectivity index (χ0) is 18.2. The molecule has 3 heterocycles. The van der Waals surface area contributed by atoms with Crippen LogP contribution >= 0.6 is 11.3 Å². The van der Waals surface area contributed by atoms with Gasteiger partial charge in [-0.1, -0.05) is 0 Å². The van der Waals surface area contributed by atoms with Crippen molar-refractivity contribution >= 4 is 27.4 Å². The standard InChI is InChI=1S/C20H23N5OS/c26-11-10-25(13-4-3-5-13)19-17-14-6-1-2-7-16(14)27-20(17)24-18(23-19)15-12-21-8-9-22-15/h8-9,12-13,26H,1-7,10-11H2. The fourth-order valence-electron chi connectivity index (χ4n) is 4.14. The number of fused-ring (bicyclic) bond motifs is 3. The SMILES string of the molecule is OCCN(c1nc(-c2cnccn2)nc2sc3c(c12)CCCC3)C1CCC1. The molecule has 0 spiro atoms. The van der Waals surface area contributed by atoms with Crippen molar-refractivity contribution in [2.24, 2.45) is 0 Å². The van der Waals surface area contributed by atoms with Gasteiger partial charge in [0.25, 0.3) is 0 Å². The number of aryl methyl sites for hydroxylation is 2. The van der Waals surface area contributed by atoms with Crippen LogP contribution in [0.1, 0.15) is 42.5 Å². The second kappa shape index (κ2) is 7.13. The van der Waals surface area contributed by atoms with E-state index < -0.39 is 0 Å². The molecule has 5 rings (SSSR count). The lowest BCUT2D eigenvalue weighted by molar-refractivity contribution is 0.283. The summed E-state index contributed by atoms with van der Waals surface area (Å²) in [5.41, 5.74) is 2.13. The predicted molar refractivity (Wildman–Crippen MR) is 107 cm³/mol. The van der Waals surface area contributed by atoms with E-state index in [0.717, 1.165) is 36.3 Å². The molecule has 0 aliphatic heterocycles. The van der Waals surface area contributed by atoms with E-state index in [-0.39, 0.29) is 6.61 Å². The molecule has 1 fully saturated rings. The first-order valence-corrected chi connectivity index (χ1v) is 10.6. The van der Waals surface area contributed by atoms with Gasteiger partial charge in [0, 0.05) is 29.9 Å². The summed E-state index contributed by atoms with van der Waals surface area (Å²) in [6.45, 7) is 0.746. The van der Waals surface area contributed by atoms with Crippen LogP contribution in [-0.4, -0.2) is 44.2 Å². The van der Waals surface area contributed by atoms with Crippen molar-refractivity contribution in [1.82, 2.24) is 19.9 Å². The highest BCUT2D eigenvalue weighted by Gasteiger charge is 2.30. The molecular formula is C20H23N5OS. The highest BCUT2D eigenvalue weighted by Crippen LogP contribution is 2.42. The molecule has 2 aliphatic carbocycles. The van der Waals surface area contributed by atoms with Gasteiger partial charge in [-0.25, -0.2) is 15.0 Å². The number of aliphatic hydroxyl groups excluding tert-OH is 1. The fourth-order valence-corrected chi connectivity index (χ4v) is 5.40. The number of hydrogen-bond donors (Lipinski definition) is 1. The van der Waals surface area contributed by atoms with Crippen LogP contribution in [0, 0.1) is 0 Å². The number of aromatic nitrogens is 4. The summed E-state index contributed by atoms with van der Waals surface area (Å²) in [6.07, 6.45) is 13.4. The normalized spacial score (nSPS) is 16.9. The van der Waals surface area contributed by atoms with Crippen molar-refractivity contribution in [3.8, 4) is 11.5 Å². The van der Waals surface area contributed by atoms with Gasteiger partial charge in [0.15, 0.2) is 5.82 Å². The van der Waals surface area contributed by atoms with Gasteiger partial charge in [-0.05, 0) is 50.5 Å². The molecule has 3 aromatic heterocycles. The summed E-state index contributed by atoms with van der Waals surface area (Å²) in [6, 6.07) is 0.462. The zero-order valence-electron chi connectivity index (χ0n) is 15.3. The van der Waals surface area contributed by atoms with Gasteiger partial charge in [0.2, 0.25) is 0 Å². The van der Waals surface area contributed by atoms with E-state index in [2.05, 4.69) is 14.9 Å². The number of nitrogens with zero attached hydrogens (tertiary/aromatic N) is 5. The maximum absolute atomic E-state index is 9.71. The van der Waals surface area contributed by atoms with Crippen LogP contribution in [-0.2, 0) is 12.8 Å². The van der Waals surface area contributed by atoms with Gasteiger partial charge in [-0.15, -0.1) is 11.3 Å². The Morgan fingerprint density at radius 1 is 1.11 bits per heavy atom. The van der Waals surface area contributed by atoms with Crippen molar-refractivity contribution in [2.75, 3.05) is 18.1 Å². The third-order valence-corrected chi connectivity index (χ3v) is 6.90. The Morgan fingerprint density at radius 3 is 2.74 bits per heavy atom. The van der Waals surface area contributed by atoms with E-state index in [1.165, 1.54) is 35.1 Å². The lowest BCUT2D eigenvalue weighted by atomic mass is 9.90. The Kier molecular flexibility index (Phi) is 4.49. The average molecular weight is 382 g/mol. The Labute approximate surface area is 162 Å². The minimum atomic E-state index is 0.134. The van der Waals surface area contributed by atoms with Crippen molar-refractivity contribution in [3.63, 3.8) is 0 Å². The molecule has 140 valence electrons. The van der Waals surface area contributed by atoms with Crippen LogP contribution in [0.4, 0.5) is 5.82 Å². The molecule has 0 bridgehead atoms. The number of thiophene rings is 1. The first-order valence-electron chi connectivity index (χ1n) is 9.81. The Balaban J connectivity index is 1.73. The van der Waals surface area contributed by atoms with Crippen LogP contribution in [0.3, 0.4) is 0 Å². The van der Waals surface area contributed by atoms with E-state index in [9.17, 15) is 5.11 Å². The van der Waals surface area contributed by atoms with Gasteiger partial charge >= 0.3 is 0 Å². The van der Waals surface area contributed by atoms with Crippen molar-refractivity contribution in [2.45, 2.75) is 51.0 Å². The largest absolute Gasteiger partial charge is 0.395 e. The zero-order valence-corrected chi connectivity index (χ0v) is 16.1. The molecule has 0 atom stereocenters. The summed E-state index contributed by atoms with van der Waals surface area (Å²) in [5, 5.41) is 10.9. The van der Waals surface area contributed by atoms with E-state index in [1.54, 1.807) is 18.6 Å². The van der Waals surface area contributed by atoms with E-state index >= 15 is 0 Å². The second-order valence-electron chi connectivity index (χ2n) is 7.35. The maximum Gasteiger partial charge on any atom is 0.183 e. The topological polar surface area (TPSA) is 75.0 Å². The van der Waals surface area contributed by atoms with Crippen molar-refractivity contribution in [1.29, 1.82) is 0 Å². The lowest BCUT2D eigenvalue weighted by Gasteiger charge is -2.38. The second-order valence-corrected chi connectivity index (χ2v) is 8.44. The highest BCUT2D eigenvalue weighted by molar-refractivity contribution is 7.19. The van der Waals surface area contributed by atoms with E-state index in [0.29, 0.717) is 24.1 Å². The van der Waals surface area contributed by atoms with Gasteiger partial charge in [0.1, 0.15) is 16.3 Å². The molecule has 6 nitrogen and oxygen atoms in total. The van der Waals surface area contributed by atoms with Crippen molar-refractivity contribution in [3.05, 3.63) is 29.0 Å². The number of hydrogen-bond acceptors (Lipinski definition) is 7. The summed E-state index contributed by atoms with van der Waals surface area (Å²) >= 11 is 1.81. The Bertz CT molecular complexity index is 954. The third kappa shape index (κ3) is 2.99. The summed E-state index contributed by atoms with van der Waals surface area (Å²) < 4.78 is 0. The Hall–Kier alpha value is -2.12. The first kappa shape index (κ1) is 17.0. The summed E-state index contributed by atoms with van der Waals surface area (Å²) in [4.78, 5) is 23.3. The summed E-state index contributed by atoms with van der Waals surface area (Å²) in [7, 11) is 0. The van der Waals surface area contributed by atoms with Crippen LogP contribution < -0.4 is 4.90 Å². The van der Waals surface area contributed by atoms with Crippen LogP contribution in [0.25, 0.3) is 21.7 Å². The third-order valence-electron chi connectivity index (χ3n) is 5.72. The number of anilines is 1. The lowest BCUT2D eigenvalue weighted by Crippen LogP contribution is -2.42. The molecule has 0 amide bonds. The van der Waals surface area contributed by atoms with Gasteiger partial charge in [0.05, 0.1) is 18.2 Å².